The molecule has 0 spiro atoms. The molecule has 1 aliphatic rings. The zero-order chi connectivity index (χ0) is 13.2. The van der Waals surface area contributed by atoms with E-state index >= 15 is 0 Å². The van der Waals surface area contributed by atoms with E-state index in [1.165, 1.54) is 0 Å². The van der Waals surface area contributed by atoms with Gasteiger partial charge in [0.25, 0.3) is 0 Å². The van der Waals surface area contributed by atoms with Gasteiger partial charge in [-0.25, -0.2) is 0 Å². The highest BCUT2D eigenvalue weighted by Gasteiger charge is 2.35. The van der Waals surface area contributed by atoms with Crippen LogP contribution in [0, 0.1) is 5.41 Å². The normalized spacial score (nSPS) is 18.3. The number of rotatable bonds is 3. The summed E-state index contributed by atoms with van der Waals surface area (Å²) < 4.78 is 0. The molecular weight excluding hydrogens is 228 g/mol. The summed E-state index contributed by atoms with van der Waals surface area (Å²) in [5.74, 6) is -0.396. The van der Waals surface area contributed by atoms with E-state index in [9.17, 15) is 9.59 Å². The van der Waals surface area contributed by atoms with Crippen molar-refractivity contribution in [2.45, 2.75) is 19.8 Å². The van der Waals surface area contributed by atoms with Gasteiger partial charge < -0.3 is 11.1 Å². The summed E-state index contributed by atoms with van der Waals surface area (Å²) in [6, 6.07) is 6.68. The minimum atomic E-state index is -0.500. The molecule has 0 saturated carbocycles. The first-order valence-corrected chi connectivity index (χ1v) is 6.18. The van der Waals surface area contributed by atoms with Crippen LogP contribution in [0.2, 0.25) is 0 Å². The lowest BCUT2D eigenvalue weighted by atomic mass is 9.75. The van der Waals surface area contributed by atoms with Crippen LogP contribution in [0.4, 0.5) is 0 Å². The fourth-order valence-corrected chi connectivity index (χ4v) is 2.37. The van der Waals surface area contributed by atoms with E-state index in [1.54, 1.807) is 24.3 Å². The second kappa shape index (κ2) is 4.90. The Morgan fingerprint density at radius 2 is 1.83 bits per heavy atom. The van der Waals surface area contributed by atoms with Gasteiger partial charge in [0.05, 0.1) is 0 Å². The SMILES string of the molecule is CC1(C(=O)c2cccc(C(N)=O)c2)CCNCC1. The summed E-state index contributed by atoms with van der Waals surface area (Å²) in [5.41, 5.74) is 5.87. The number of nitrogens with one attached hydrogen (secondary N) is 1. The zero-order valence-corrected chi connectivity index (χ0v) is 10.5. The Labute approximate surface area is 107 Å². The second-order valence-corrected chi connectivity index (χ2v) is 5.08. The van der Waals surface area contributed by atoms with Crippen molar-refractivity contribution < 1.29 is 9.59 Å². The van der Waals surface area contributed by atoms with Crippen LogP contribution in [-0.2, 0) is 0 Å². The molecule has 0 radical (unpaired) electrons. The summed E-state index contributed by atoms with van der Waals surface area (Å²) in [6.45, 7) is 3.71. The smallest absolute Gasteiger partial charge is 0.248 e. The first kappa shape index (κ1) is 12.8. The fourth-order valence-electron chi connectivity index (χ4n) is 2.37. The highest BCUT2D eigenvalue weighted by molar-refractivity contribution is 6.03. The number of carbonyl (C=O) groups is 2. The van der Waals surface area contributed by atoms with Gasteiger partial charge in [-0.15, -0.1) is 0 Å². The molecule has 1 fully saturated rings. The molecule has 1 heterocycles. The van der Waals surface area contributed by atoms with Crippen molar-refractivity contribution in [3.05, 3.63) is 35.4 Å². The first-order chi connectivity index (χ1) is 8.53. The average molecular weight is 246 g/mol. The van der Waals surface area contributed by atoms with Gasteiger partial charge in [-0.1, -0.05) is 19.1 Å². The zero-order valence-electron chi connectivity index (χ0n) is 10.5. The predicted octanol–water partition coefficient (Wildman–Crippen LogP) is 1.36. The molecule has 0 bridgehead atoms. The number of amides is 1. The Morgan fingerprint density at radius 3 is 2.44 bits per heavy atom. The highest BCUT2D eigenvalue weighted by atomic mass is 16.1. The molecule has 1 aliphatic heterocycles. The molecule has 18 heavy (non-hydrogen) atoms. The number of benzene rings is 1. The van der Waals surface area contributed by atoms with E-state index < -0.39 is 5.91 Å². The second-order valence-electron chi connectivity index (χ2n) is 5.08. The molecule has 96 valence electrons. The third kappa shape index (κ3) is 2.43. The largest absolute Gasteiger partial charge is 0.366 e. The molecule has 1 aromatic carbocycles. The van der Waals surface area contributed by atoms with Crippen molar-refractivity contribution in [3.63, 3.8) is 0 Å². The third-order valence-electron chi connectivity index (χ3n) is 3.66. The number of ketones is 1. The van der Waals surface area contributed by atoms with Crippen molar-refractivity contribution in [3.8, 4) is 0 Å². The minimum Gasteiger partial charge on any atom is -0.366 e. The van der Waals surface area contributed by atoms with Crippen LogP contribution < -0.4 is 11.1 Å². The molecule has 4 heteroatoms. The van der Waals surface area contributed by atoms with Crippen LogP contribution in [0.25, 0.3) is 0 Å². The number of hydrogen-bond acceptors (Lipinski definition) is 3. The molecule has 2 rings (SSSR count). The van der Waals surface area contributed by atoms with Gasteiger partial charge in [0, 0.05) is 16.5 Å². The molecular formula is C14H18N2O2. The average Bonchev–Trinajstić information content (AvgIpc) is 2.39. The van der Waals surface area contributed by atoms with Crippen LogP contribution in [0.1, 0.15) is 40.5 Å². The molecule has 1 saturated heterocycles. The van der Waals surface area contributed by atoms with Gasteiger partial charge in [0.15, 0.2) is 5.78 Å². The molecule has 0 atom stereocenters. The van der Waals surface area contributed by atoms with Crippen LogP contribution in [0.5, 0.6) is 0 Å². The third-order valence-corrected chi connectivity index (χ3v) is 3.66. The number of carbonyl (C=O) groups excluding carboxylic acids is 2. The highest BCUT2D eigenvalue weighted by Crippen LogP contribution is 2.32. The van der Waals surface area contributed by atoms with Gasteiger partial charge >= 0.3 is 0 Å². The quantitative estimate of drug-likeness (QED) is 0.791. The Kier molecular flexibility index (Phi) is 3.48. The maximum absolute atomic E-state index is 12.5. The monoisotopic (exact) mass is 246 g/mol. The van der Waals surface area contributed by atoms with Crippen LogP contribution in [-0.4, -0.2) is 24.8 Å². The lowest BCUT2D eigenvalue weighted by Gasteiger charge is -2.32. The summed E-state index contributed by atoms with van der Waals surface area (Å²) in [5, 5.41) is 3.25. The standard InChI is InChI=1S/C14H18N2O2/c1-14(5-7-16-8-6-14)12(17)10-3-2-4-11(9-10)13(15)18/h2-4,9,16H,5-8H2,1H3,(H2,15,18). The van der Waals surface area contributed by atoms with Gasteiger partial charge in [0.1, 0.15) is 0 Å². The minimum absolute atomic E-state index is 0.104. The lowest BCUT2D eigenvalue weighted by molar-refractivity contribution is 0.0762. The maximum Gasteiger partial charge on any atom is 0.248 e. The number of Topliss-reactive ketones (excluding diaryl/α,β-unsaturated/α-hetero) is 1. The van der Waals surface area contributed by atoms with E-state index in [4.69, 9.17) is 5.73 Å². The summed E-state index contributed by atoms with van der Waals surface area (Å²) >= 11 is 0. The first-order valence-electron chi connectivity index (χ1n) is 6.18. The molecule has 0 aromatic heterocycles. The summed E-state index contributed by atoms with van der Waals surface area (Å²) in [6.07, 6.45) is 1.65. The van der Waals surface area contributed by atoms with Crippen LogP contribution in [0.15, 0.2) is 24.3 Å². The number of nitrogens with two attached hydrogens (primary N) is 1. The van der Waals surface area contributed by atoms with E-state index in [1.807, 2.05) is 6.92 Å². The van der Waals surface area contributed by atoms with E-state index in [2.05, 4.69) is 5.32 Å². The van der Waals surface area contributed by atoms with Gasteiger partial charge in [-0.3, -0.25) is 9.59 Å². The van der Waals surface area contributed by atoms with Crippen LogP contribution in [0.3, 0.4) is 0 Å². The van der Waals surface area contributed by atoms with Crippen LogP contribution >= 0.6 is 0 Å². The number of primary amides is 1. The molecule has 1 aromatic rings. The Bertz CT molecular complexity index is 476. The maximum atomic E-state index is 12.5. The summed E-state index contributed by atoms with van der Waals surface area (Å²) in [7, 11) is 0. The van der Waals surface area contributed by atoms with Gasteiger partial charge in [-0.05, 0) is 38.1 Å². The Balaban J connectivity index is 2.27. The van der Waals surface area contributed by atoms with E-state index in [0.717, 1.165) is 25.9 Å². The van der Waals surface area contributed by atoms with Crippen molar-refractivity contribution >= 4 is 11.7 Å². The van der Waals surface area contributed by atoms with Crippen molar-refractivity contribution in [1.29, 1.82) is 0 Å². The Morgan fingerprint density at radius 1 is 1.22 bits per heavy atom. The van der Waals surface area contributed by atoms with E-state index in [-0.39, 0.29) is 11.2 Å². The molecule has 0 aliphatic carbocycles. The predicted molar refractivity (Wildman–Crippen MR) is 69.5 cm³/mol. The van der Waals surface area contributed by atoms with E-state index in [0.29, 0.717) is 11.1 Å². The molecule has 3 N–H and O–H groups in total. The molecule has 0 unspecified atom stereocenters. The van der Waals surface area contributed by atoms with Gasteiger partial charge in [-0.2, -0.15) is 0 Å². The molecule has 1 amide bonds. The number of hydrogen-bond donors (Lipinski definition) is 2. The van der Waals surface area contributed by atoms with Crippen molar-refractivity contribution in [2.24, 2.45) is 11.1 Å². The fraction of sp³-hybridized carbons (Fsp3) is 0.429. The Hall–Kier alpha value is -1.68. The summed E-state index contributed by atoms with van der Waals surface area (Å²) in [4.78, 5) is 23.6. The van der Waals surface area contributed by atoms with Crippen molar-refractivity contribution in [2.75, 3.05) is 13.1 Å². The lowest BCUT2D eigenvalue weighted by Crippen LogP contribution is -2.40. The van der Waals surface area contributed by atoms with Crippen molar-refractivity contribution in [1.82, 2.24) is 5.32 Å². The molecule has 4 nitrogen and oxygen atoms in total. The number of piperidine rings is 1. The van der Waals surface area contributed by atoms with Gasteiger partial charge in [0.2, 0.25) is 5.91 Å². The topological polar surface area (TPSA) is 72.2 Å².